The third-order valence-corrected chi connectivity index (χ3v) is 7.38. The third kappa shape index (κ3) is 14.2. The van der Waals surface area contributed by atoms with Gasteiger partial charge in [-0.2, -0.15) is 0 Å². The van der Waals surface area contributed by atoms with Crippen LogP contribution in [0.4, 0.5) is 21.0 Å². The van der Waals surface area contributed by atoms with Crippen molar-refractivity contribution in [2.24, 2.45) is 5.73 Å². The molecule has 15 nitrogen and oxygen atoms in total. The number of nitrogens with zero attached hydrogens (tertiary/aromatic N) is 4. The fraction of sp³-hybridized carbons (Fsp3) is 0.588. The summed E-state index contributed by atoms with van der Waals surface area (Å²) in [6, 6.07) is 6.47. The van der Waals surface area contributed by atoms with E-state index in [0.717, 1.165) is 45.1 Å². The second kappa shape index (κ2) is 18.8. The van der Waals surface area contributed by atoms with Crippen molar-refractivity contribution >= 4 is 35.4 Å². The van der Waals surface area contributed by atoms with Crippen molar-refractivity contribution in [1.82, 2.24) is 25.1 Å². The lowest BCUT2D eigenvalue weighted by atomic mass is 10.0. The van der Waals surface area contributed by atoms with Gasteiger partial charge in [0, 0.05) is 44.6 Å². The highest BCUT2D eigenvalue weighted by atomic mass is 16.6. The van der Waals surface area contributed by atoms with Gasteiger partial charge in [0.1, 0.15) is 11.2 Å². The van der Waals surface area contributed by atoms with Gasteiger partial charge in [0.25, 0.3) is 5.91 Å². The number of hydrogen-bond acceptors (Lipinski definition) is 11. The molecule has 2 unspecified atom stereocenters. The smallest absolute Gasteiger partial charge is 0.410 e. The number of nitrogens with one attached hydrogen (secondary N) is 1. The van der Waals surface area contributed by atoms with Crippen LogP contribution in [0, 0.1) is 0 Å². The van der Waals surface area contributed by atoms with Crippen LogP contribution in [0.2, 0.25) is 0 Å². The Labute approximate surface area is 288 Å². The van der Waals surface area contributed by atoms with Crippen LogP contribution in [-0.2, 0) is 9.47 Å². The number of hydrogen-bond donors (Lipinski definition) is 5. The van der Waals surface area contributed by atoms with Crippen LogP contribution in [0.25, 0.3) is 0 Å². The molecule has 0 bridgehead atoms. The summed E-state index contributed by atoms with van der Waals surface area (Å²) in [6.45, 7) is 13.5. The van der Waals surface area contributed by atoms with Gasteiger partial charge < -0.3 is 46.9 Å². The molecule has 2 saturated heterocycles. The summed E-state index contributed by atoms with van der Waals surface area (Å²) in [5.74, 6) is -1.43. The molecule has 2 aromatic heterocycles. The molecule has 0 spiro atoms. The number of likely N-dealkylation sites (tertiary alicyclic amines) is 2. The topological polar surface area (TPSA) is 229 Å². The largest absolute Gasteiger partial charge is 0.476 e. The lowest BCUT2D eigenvalue weighted by Gasteiger charge is -2.36. The normalized spacial score (nSPS) is 17.7. The van der Waals surface area contributed by atoms with Crippen molar-refractivity contribution in [3.63, 3.8) is 0 Å². The highest BCUT2D eigenvalue weighted by molar-refractivity contribution is 5.97. The number of carbonyl (C=O) groups excluding carboxylic acids is 3. The Hall–Kier alpha value is -4.66. The lowest BCUT2D eigenvalue weighted by molar-refractivity contribution is 0.00930. The summed E-state index contributed by atoms with van der Waals surface area (Å²) in [6.07, 6.45) is 8.35. The molecule has 49 heavy (non-hydrogen) atoms. The van der Waals surface area contributed by atoms with Gasteiger partial charge in [-0.25, -0.2) is 24.4 Å². The lowest BCUT2D eigenvalue weighted by Crippen LogP contribution is -2.50. The molecule has 272 valence electrons. The van der Waals surface area contributed by atoms with Gasteiger partial charge >= 0.3 is 18.2 Å². The molecule has 2 atom stereocenters. The summed E-state index contributed by atoms with van der Waals surface area (Å²) in [5.41, 5.74) is 16.4. The SMILES string of the molecule is CC(C)(C)OC(=O)N1CCCCC1CN.CC(C)(C)OC(=O)N1CCCCC1CNC(=O)c1ncccc1N.Nc1cccnc1C(=O)O. The van der Waals surface area contributed by atoms with E-state index >= 15 is 0 Å². The Kier molecular flexibility index (Phi) is 15.5. The summed E-state index contributed by atoms with van der Waals surface area (Å²) < 4.78 is 10.8. The van der Waals surface area contributed by atoms with Gasteiger partial charge in [0.2, 0.25) is 0 Å². The number of aromatic nitrogens is 2. The highest BCUT2D eigenvalue weighted by Crippen LogP contribution is 2.21. The number of carbonyl (C=O) groups is 4. The van der Waals surface area contributed by atoms with Crippen LogP contribution < -0.4 is 22.5 Å². The first-order valence-corrected chi connectivity index (χ1v) is 16.5. The molecule has 2 fully saturated rings. The zero-order valence-electron chi connectivity index (χ0n) is 29.6. The minimum Gasteiger partial charge on any atom is -0.476 e. The van der Waals surface area contributed by atoms with Gasteiger partial charge in [0.05, 0.1) is 17.4 Å². The van der Waals surface area contributed by atoms with E-state index in [1.807, 2.05) is 41.5 Å². The molecule has 0 aromatic carbocycles. The minimum atomic E-state index is -1.10. The van der Waals surface area contributed by atoms with E-state index in [0.29, 0.717) is 25.3 Å². The average Bonchev–Trinajstić information content (AvgIpc) is 3.03. The van der Waals surface area contributed by atoms with E-state index in [9.17, 15) is 19.2 Å². The summed E-state index contributed by atoms with van der Waals surface area (Å²) in [4.78, 5) is 57.7. The number of piperidine rings is 2. The molecule has 15 heteroatoms. The maximum absolute atomic E-state index is 12.4. The first-order chi connectivity index (χ1) is 22.9. The van der Waals surface area contributed by atoms with Crippen molar-refractivity contribution < 1.29 is 33.8 Å². The Morgan fingerprint density at radius 3 is 1.65 bits per heavy atom. The van der Waals surface area contributed by atoms with Gasteiger partial charge in [-0.15, -0.1) is 0 Å². The van der Waals surface area contributed by atoms with Crippen LogP contribution in [-0.4, -0.2) is 98.4 Å². The van der Waals surface area contributed by atoms with E-state index in [-0.39, 0.29) is 47.3 Å². The molecule has 4 rings (SSSR count). The minimum absolute atomic E-state index is 0.0810. The standard InChI is InChI=1S/C17H26N4O3.C11H22N2O2.C6H6N2O2/c1-17(2,3)24-16(23)21-10-5-4-7-12(21)11-20-15(22)14-13(18)8-6-9-19-14;1-11(2,3)15-10(14)13-7-5-4-6-9(13)8-12;7-4-2-1-3-8-5(4)6(9)10/h6,8-9,12H,4-5,7,10-11,18H2,1-3H3,(H,20,22);9H,4-8,12H2,1-3H3;1-3H,7H2,(H,9,10). The maximum Gasteiger partial charge on any atom is 0.410 e. The first kappa shape index (κ1) is 40.5. The molecular weight excluding hydrogens is 632 g/mol. The molecule has 4 heterocycles. The molecular formula is C34H54N8O7. The van der Waals surface area contributed by atoms with E-state index in [2.05, 4.69) is 15.3 Å². The predicted octanol–water partition coefficient (Wildman–Crippen LogP) is 4.28. The van der Waals surface area contributed by atoms with Crippen LogP contribution in [0.15, 0.2) is 36.7 Å². The second-order valence-electron chi connectivity index (χ2n) is 13.8. The quantitative estimate of drug-likeness (QED) is 0.297. The molecule has 0 saturated carbocycles. The Bertz CT molecular complexity index is 1390. The fourth-order valence-corrected chi connectivity index (χ4v) is 5.08. The monoisotopic (exact) mass is 686 g/mol. The summed E-state index contributed by atoms with van der Waals surface area (Å²) >= 11 is 0. The number of rotatable bonds is 5. The highest BCUT2D eigenvalue weighted by Gasteiger charge is 2.31. The van der Waals surface area contributed by atoms with Gasteiger partial charge in [-0.1, -0.05) is 0 Å². The van der Waals surface area contributed by atoms with Gasteiger partial charge in [-0.3, -0.25) is 4.79 Å². The Morgan fingerprint density at radius 2 is 1.24 bits per heavy atom. The van der Waals surface area contributed by atoms with Gasteiger partial charge in [-0.05, 0) is 104 Å². The fourth-order valence-electron chi connectivity index (χ4n) is 5.08. The Balaban J connectivity index is 0.000000283. The molecule has 0 aliphatic carbocycles. The number of carboxylic acid groups (broad SMARTS) is 1. The molecule has 8 N–H and O–H groups in total. The third-order valence-electron chi connectivity index (χ3n) is 7.38. The molecule has 2 aliphatic rings. The molecule has 3 amide bonds. The van der Waals surface area contributed by atoms with E-state index in [4.69, 9.17) is 31.8 Å². The van der Waals surface area contributed by atoms with Crippen LogP contribution in [0.3, 0.4) is 0 Å². The number of nitrogen functional groups attached to an aromatic ring is 2. The number of pyridine rings is 2. The molecule has 2 aliphatic heterocycles. The van der Waals surface area contributed by atoms with Crippen molar-refractivity contribution in [3.05, 3.63) is 48.0 Å². The van der Waals surface area contributed by atoms with Crippen LogP contribution in [0.5, 0.6) is 0 Å². The van der Waals surface area contributed by atoms with Crippen molar-refractivity contribution in [3.8, 4) is 0 Å². The van der Waals surface area contributed by atoms with Gasteiger partial charge in [0.15, 0.2) is 11.4 Å². The second-order valence-corrected chi connectivity index (χ2v) is 13.8. The zero-order valence-corrected chi connectivity index (χ0v) is 29.6. The number of anilines is 2. The summed E-state index contributed by atoms with van der Waals surface area (Å²) in [5, 5.41) is 11.2. The van der Waals surface area contributed by atoms with E-state index in [1.54, 1.807) is 28.0 Å². The number of nitrogens with two attached hydrogens (primary N) is 3. The number of amides is 3. The van der Waals surface area contributed by atoms with Crippen molar-refractivity contribution in [2.75, 3.05) is 37.6 Å². The van der Waals surface area contributed by atoms with E-state index in [1.165, 1.54) is 18.5 Å². The Morgan fingerprint density at radius 1 is 0.796 bits per heavy atom. The van der Waals surface area contributed by atoms with E-state index < -0.39 is 17.2 Å². The first-order valence-electron chi connectivity index (χ1n) is 16.5. The van der Waals surface area contributed by atoms with Crippen LogP contribution in [0.1, 0.15) is 101 Å². The number of carboxylic acids is 1. The van der Waals surface area contributed by atoms with Crippen molar-refractivity contribution in [1.29, 1.82) is 0 Å². The molecule has 2 aromatic rings. The number of aromatic carboxylic acids is 1. The van der Waals surface area contributed by atoms with Crippen LogP contribution >= 0.6 is 0 Å². The summed E-state index contributed by atoms with van der Waals surface area (Å²) in [7, 11) is 0. The predicted molar refractivity (Wildman–Crippen MR) is 187 cm³/mol. The molecule has 0 radical (unpaired) electrons. The number of ether oxygens (including phenoxy) is 2. The zero-order chi connectivity index (χ0) is 36.8. The average molecular weight is 687 g/mol. The maximum atomic E-state index is 12.4. The van der Waals surface area contributed by atoms with Crippen molar-refractivity contribution in [2.45, 2.75) is 103 Å².